The second-order valence-corrected chi connectivity index (χ2v) is 5.22. The average Bonchev–Trinajstić information content (AvgIpc) is 2.55. The largest absolute Gasteiger partial charge is 0.324 e. The number of aromatic nitrogens is 4. The second-order valence-electron chi connectivity index (χ2n) is 5.22. The number of carbonyl (C=O) groups is 1. The lowest BCUT2D eigenvalue weighted by atomic mass is 10.2. The summed E-state index contributed by atoms with van der Waals surface area (Å²) in [6, 6.07) is 9.20. The van der Waals surface area contributed by atoms with Crippen molar-refractivity contribution >= 4 is 23.2 Å². The number of nitrogens with one attached hydrogen (secondary N) is 2. The molecule has 7 heteroatoms. The quantitative estimate of drug-likeness (QED) is 0.768. The van der Waals surface area contributed by atoms with Crippen molar-refractivity contribution in [3.05, 3.63) is 66.0 Å². The van der Waals surface area contributed by atoms with E-state index in [9.17, 15) is 4.79 Å². The minimum atomic E-state index is -0.317. The molecule has 0 aliphatic heterocycles. The van der Waals surface area contributed by atoms with E-state index in [1.165, 1.54) is 18.6 Å². The number of hydrogen-bond acceptors (Lipinski definition) is 6. The standard InChI is InChI=1S/C17H16N6O/c1-11-8-12(2)21-17(20-11)23-14-5-3-4-13(9-14)22-16(24)15-10-18-6-7-19-15/h3-10H,1-2H3,(H,22,24)(H,20,21,23). The third kappa shape index (κ3) is 3.89. The fourth-order valence-electron chi connectivity index (χ4n) is 2.20. The molecule has 0 spiro atoms. The molecule has 1 aromatic carbocycles. The SMILES string of the molecule is Cc1cc(C)nc(Nc2cccc(NC(=O)c3cnccn3)c2)n1. The highest BCUT2D eigenvalue weighted by molar-refractivity contribution is 6.02. The summed E-state index contributed by atoms with van der Waals surface area (Å²) in [5, 5.41) is 5.92. The molecule has 0 saturated heterocycles. The Balaban J connectivity index is 1.75. The zero-order valence-electron chi connectivity index (χ0n) is 13.3. The van der Waals surface area contributed by atoms with E-state index in [2.05, 4.69) is 30.6 Å². The van der Waals surface area contributed by atoms with Gasteiger partial charge in [0.25, 0.3) is 5.91 Å². The van der Waals surface area contributed by atoms with Crippen molar-refractivity contribution in [1.82, 2.24) is 19.9 Å². The molecule has 0 aliphatic rings. The van der Waals surface area contributed by atoms with Gasteiger partial charge in [-0.15, -0.1) is 0 Å². The first kappa shape index (κ1) is 15.5. The lowest BCUT2D eigenvalue weighted by molar-refractivity contribution is 0.102. The van der Waals surface area contributed by atoms with Crippen molar-refractivity contribution in [2.75, 3.05) is 10.6 Å². The molecule has 0 bridgehead atoms. The van der Waals surface area contributed by atoms with Crippen LogP contribution >= 0.6 is 0 Å². The lowest BCUT2D eigenvalue weighted by Gasteiger charge is -2.09. The summed E-state index contributed by atoms with van der Waals surface area (Å²) >= 11 is 0. The van der Waals surface area contributed by atoms with Gasteiger partial charge in [0, 0.05) is 35.2 Å². The number of carbonyl (C=O) groups excluding carboxylic acids is 1. The maximum Gasteiger partial charge on any atom is 0.275 e. The van der Waals surface area contributed by atoms with Crippen molar-refractivity contribution in [3.8, 4) is 0 Å². The second kappa shape index (κ2) is 6.82. The summed E-state index contributed by atoms with van der Waals surface area (Å²) in [6.07, 6.45) is 4.41. The maximum absolute atomic E-state index is 12.1. The first-order chi connectivity index (χ1) is 11.6. The molecular weight excluding hydrogens is 304 g/mol. The Kier molecular flexibility index (Phi) is 4.42. The first-order valence-corrected chi connectivity index (χ1v) is 7.37. The Bertz CT molecular complexity index is 846. The van der Waals surface area contributed by atoms with Gasteiger partial charge in [0.2, 0.25) is 5.95 Å². The van der Waals surface area contributed by atoms with E-state index in [0.717, 1.165) is 17.1 Å². The van der Waals surface area contributed by atoms with Crippen LogP contribution in [0.4, 0.5) is 17.3 Å². The third-order valence-electron chi connectivity index (χ3n) is 3.15. The third-order valence-corrected chi connectivity index (χ3v) is 3.15. The van der Waals surface area contributed by atoms with E-state index in [1.54, 1.807) is 12.1 Å². The summed E-state index contributed by atoms with van der Waals surface area (Å²) in [4.78, 5) is 28.7. The van der Waals surface area contributed by atoms with Crippen LogP contribution < -0.4 is 10.6 Å². The Labute approximate surface area is 139 Å². The number of nitrogens with zero attached hydrogens (tertiary/aromatic N) is 4. The molecule has 0 radical (unpaired) electrons. The lowest BCUT2D eigenvalue weighted by Crippen LogP contribution is -2.13. The van der Waals surface area contributed by atoms with Crippen LogP contribution in [-0.4, -0.2) is 25.8 Å². The normalized spacial score (nSPS) is 10.2. The molecule has 0 fully saturated rings. The van der Waals surface area contributed by atoms with Crippen LogP contribution in [0.25, 0.3) is 0 Å². The molecule has 3 aromatic rings. The smallest absolute Gasteiger partial charge is 0.275 e. The molecule has 7 nitrogen and oxygen atoms in total. The molecule has 2 N–H and O–H groups in total. The van der Waals surface area contributed by atoms with Crippen molar-refractivity contribution < 1.29 is 4.79 Å². The van der Waals surface area contributed by atoms with E-state index in [1.807, 2.05) is 32.0 Å². The Hall–Kier alpha value is -3.35. The van der Waals surface area contributed by atoms with Gasteiger partial charge in [0.1, 0.15) is 5.69 Å². The minimum Gasteiger partial charge on any atom is -0.324 e. The molecular formula is C17H16N6O. The Morgan fingerprint density at radius 2 is 1.75 bits per heavy atom. The molecule has 120 valence electrons. The van der Waals surface area contributed by atoms with Crippen LogP contribution in [0.1, 0.15) is 21.9 Å². The van der Waals surface area contributed by atoms with Crippen LogP contribution in [0.3, 0.4) is 0 Å². The summed E-state index contributed by atoms with van der Waals surface area (Å²) < 4.78 is 0. The predicted octanol–water partition coefficient (Wildman–Crippen LogP) is 2.88. The van der Waals surface area contributed by atoms with Crippen molar-refractivity contribution in [1.29, 1.82) is 0 Å². The first-order valence-electron chi connectivity index (χ1n) is 7.37. The monoisotopic (exact) mass is 320 g/mol. The molecule has 2 aromatic heterocycles. The van der Waals surface area contributed by atoms with E-state index >= 15 is 0 Å². The van der Waals surface area contributed by atoms with Gasteiger partial charge in [-0.2, -0.15) is 0 Å². The number of amides is 1. The number of aryl methyl sites for hydroxylation is 2. The van der Waals surface area contributed by atoms with Crippen LogP contribution in [0.5, 0.6) is 0 Å². The fraction of sp³-hybridized carbons (Fsp3) is 0.118. The van der Waals surface area contributed by atoms with E-state index in [-0.39, 0.29) is 11.6 Å². The molecule has 0 saturated carbocycles. The average molecular weight is 320 g/mol. The number of benzene rings is 1. The van der Waals surface area contributed by atoms with Crippen LogP contribution in [-0.2, 0) is 0 Å². The van der Waals surface area contributed by atoms with Gasteiger partial charge in [0.05, 0.1) is 6.20 Å². The molecule has 1 amide bonds. The van der Waals surface area contributed by atoms with E-state index in [0.29, 0.717) is 11.6 Å². The van der Waals surface area contributed by atoms with E-state index in [4.69, 9.17) is 0 Å². The number of rotatable bonds is 4. The molecule has 0 unspecified atom stereocenters. The van der Waals surface area contributed by atoms with Gasteiger partial charge >= 0.3 is 0 Å². The summed E-state index contributed by atoms with van der Waals surface area (Å²) in [7, 11) is 0. The van der Waals surface area contributed by atoms with Gasteiger partial charge in [-0.25, -0.2) is 15.0 Å². The highest BCUT2D eigenvalue weighted by atomic mass is 16.1. The Morgan fingerprint density at radius 1 is 1.00 bits per heavy atom. The van der Waals surface area contributed by atoms with Gasteiger partial charge in [-0.05, 0) is 38.1 Å². The number of hydrogen-bond donors (Lipinski definition) is 2. The van der Waals surface area contributed by atoms with Crippen molar-refractivity contribution in [2.24, 2.45) is 0 Å². The van der Waals surface area contributed by atoms with Crippen LogP contribution in [0, 0.1) is 13.8 Å². The molecule has 24 heavy (non-hydrogen) atoms. The van der Waals surface area contributed by atoms with Gasteiger partial charge in [0.15, 0.2) is 0 Å². The predicted molar refractivity (Wildman–Crippen MR) is 91.2 cm³/mol. The van der Waals surface area contributed by atoms with Gasteiger partial charge in [-0.1, -0.05) is 6.07 Å². The maximum atomic E-state index is 12.1. The fourth-order valence-corrected chi connectivity index (χ4v) is 2.20. The summed E-state index contributed by atoms with van der Waals surface area (Å²) in [6.45, 7) is 3.83. The van der Waals surface area contributed by atoms with E-state index < -0.39 is 0 Å². The molecule has 3 rings (SSSR count). The molecule has 0 atom stereocenters. The molecule has 2 heterocycles. The highest BCUT2D eigenvalue weighted by Crippen LogP contribution is 2.19. The Morgan fingerprint density at radius 3 is 2.46 bits per heavy atom. The minimum absolute atomic E-state index is 0.258. The van der Waals surface area contributed by atoms with Gasteiger partial charge in [-0.3, -0.25) is 9.78 Å². The van der Waals surface area contributed by atoms with Crippen molar-refractivity contribution in [3.63, 3.8) is 0 Å². The highest BCUT2D eigenvalue weighted by Gasteiger charge is 2.08. The zero-order valence-corrected chi connectivity index (χ0v) is 13.3. The van der Waals surface area contributed by atoms with Gasteiger partial charge < -0.3 is 10.6 Å². The van der Waals surface area contributed by atoms with Crippen molar-refractivity contribution in [2.45, 2.75) is 13.8 Å². The zero-order chi connectivity index (χ0) is 16.9. The summed E-state index contributed by atoms with van der Waals surface area (Å²) in [5.41, 5.74) is 3.44. The number of anilines is 3. The summed E-state index contributed by atoms with van der Waals surface area (Å²) in [5.74, 6) is 0.202. The topological polar surface area (TPSA) is 92.7 Å². The van der Waals surface area contributed by atoms with Crippen LogP contribution in [0.15, 0.2) is 48.9 Å². The van der Waals surface area contributed by atoms with Crippen LogP contribution in [0.2, 0.25) is 0 Å². The molecule has 0 aliphatic carbocycles.